The van der Waals surface area contributed by atoms with Crippen molar-refractivity contribution in [3.05, 3.63) is 0 Å². The van der Waals surface area contributed by atoms with Crippen LogP contribution in [0.15, 0.2) is 0 Å². The molecule has 1 N–H and O–H groups in total. The molecule has 2 unspecified atom stereocenters. The number of nitrogens with one attached hydrogen (secondary N) is 1. The van der Waals surface area contributed by atoms with Gasteiger partial charge >= 0.3 is 0 Å². The summed E-state index contributed by atoms with van der Waals surface area (Å²) in [6.07, 6.45) is 2.71. The molecule has 0 aliphatic carbocycles. The second-order valence-electron chi connectivity index (χ2n) is 5.25. The zero-order valence-corrected chi connectivity index (χ0v) is 10.2. The van der Waals surface area contributed by atoms with E-state index in [0.717, 1.165) is 12.0 Å². The molecule has 15 heavy (non-hydrogen) atoms. The van der Waals surface area contributed by atoms with Gasteiger partial charge in [0.05, 0.1) is 0 Å². The zero-order valence-electron chi connectivity index (χ0n) is 10.2. The molecule has 2 heterocycles. The minimum Gasteiger partial charge on any atom is -0.314 e. The fourth-order valence-corrected chi connectivity index (χ4v) is 2.78. The first-order chi connectivity index (χ1) is 7.25. The van der Waals surface area contributed by atoms with Crippen molar-refractivity contribution in [3.63, 3.8) is 0 Å². The van der Waals surface area contributed by atoms with Crippen LogP contribution in [0.2, 0.25) is 0 Å². The minimum atomic E-state index is 0.728. The molecule has 0 aromatic carbocycles. The monoisotopic (exact) mass is 211 g/mol. The Balaban J connectivity index is 1.78. The molecule has 2 aliphatic heterocycles. The normalized spacial score (nSPS) is 35.6. The van der Waals surface area contributed by atoms with Gasteiger partial charge in [0.15, 0.2) is 0 Å². The van der Waals surface area contributed by atoms with Crippen molar-refractivity contribution in [2.45, 2.75) is 25.8 Å². The van der Waals surface area contributed by atoms with Crippen LogP contribution >= 0.6 is 0 Å². The maximum Gasteiger partial charge on any atom is 0.0109 e. The lowest BCUT2D eigenvalue weighted by atomic mass is 10.0. The highest BCUT2D eigenvalue weighted by molar-refractivity contribution is 4.83. The highest BCUT2D eigenvalue weighted by atomic mass is 15.2. The average Bonchev–Trinajstić information content (AvgIpc) is 2.48. The third-order valence-corrected chi connectivity index (χ3v) is 3.99. The Hall–Kier alpha value is -0.120. The van der Waals surface area contributed by atoms with E-state index in [1.807, 2.05) is 0 Å². The van der Waals surface area contributed by atoms with Crippen LogP contribution < -0.4 is 5.32 Å². The number of rotatable bonds is 2. The standard InChI is InChI=1S/C12H25N3/c1-11-12(4-5-13-11)10-15-7-3-6-14(2)8-9-15/h11-13H,3-10H2,1-2H3. The third kappa shape index (κ3) is 3.16. The van der Waals surface area contributed by atoms with E-state index in [1.54, 1.807) is 0 Å². The van der Waals surface area contributed by atoms with Crippen LogP contribution in [0, 0.1) is 5.92 Å². The van der Waals surface area contributed by atoms with Crippen molar-refractivity contribution in [2.75, 3.05) is 46.3 Å². The molecule has 2 rings (SSSR count). The van der Waals surface area contributed by atoms with E-state index < -0.39 is 0 Å². The molecular formula is C12H25N3. The first kappa shape index (κ1) is 11.4. The SMILES string of the molecule is CC1NCCC1CN1CCCN(C)CC1. The number of likely N-dealkylation sites (N-methyl/N-ethyl adjacent to an activating group) is 1. The number of nitrogens with zero attached hydrogens (tertiary/aromatic N) is 2. The predicted molar refractivity (Wildman–Crippen MR) is 64.1 cm³/mol. The molecule has 0 bridgehead atoms. The maximum absolute atomic E-state index is 3.55. The van der Waals surface area contributed by atoms with Gasteiger partial charge in [-0.1, -0.05) is 0 Å². The molecule has 0 spiro atoms. The molecular weight excluding hydrogens is 186 g/mol. The molecule has 0 aromatic rings. The molecule has 0 amide bonds. The Kier molecular flexibility index (Phi) is 4.00. The first-order valence-corrected chi connectivity index (χ1v) is 6.40. The van der Waals surface area contributed by atoms with Crippen LogP contribution in [0.4, 0.5) is 0 Å². The Morgan fingerprint density at radius 2 is 2.07 bits per heavy atom. The minimum absolute atomic E-state index is 0.728. The first-order valence-electron chi connectivity index (χ1n) is 6.40. The van der Waals surface area contributed by atoms with E-state index in [2.05, 4.69) is 29.1 Å². The summed E-state index contributed by atoms with van der Waals surface area (Å²) >= 11 is 0. The van der Waals surface area contributed by atoms with Crippen LogP contribution in [0.25, 0.3) is 0 Å². The topological polar surface area (TPSA) is 18.5 Å². The van der Waals surface area contributed by atoms with Gasteiger partial charge in [-0.3, -0.25) is 0 Å². The van der Waals surface area contributed by atoms with Crippen molar-refractivity contribution in [1.29, 1.82) is 0 Å². The smallest absolute Gasteiger partial charge is 0.0109 e. The molecule has 3 nitrogen and oxygen atoms in total. The van der Waals surface area contributed by atoms with Gasteiger partial charge in [0.2, 0.25) is 0 Å². The number of hydrogen-bond donors (Lipinski definition) is 1. The van der Waals surface area contributed by atoms with Crippen LogP contribution in [-0.2, 0) is 0 Å². The zero-order chi connectivity index (χ0) is 10.7. The maximum atomic E-state index is 3.55. The highest BCUT2D eigenvalue weighted by Gasteiger charge is 2.25. The largest absolute Gasteiger partial charge is 0.314 e. The number of hydrogen-bond acceptors (Lipinski definition) is 3. The van der Waals surface area contributed by atoms with Gasteiger partial charge in [0, 0.05) is 25.7 Å². The average molecular weight is 211 g/mol. The van der Waals surface area contributed by atoms with Gasteiger partial charge in [-0.2, -0.15) is 0 Å². The lowest BCUT2D eigenvalue weighted by Crippen LogP contribution is -2.36. The van der Waals surface area contributed by atoms with E-state index in [9.17, 15) is 0 Å². The summed E-state index contributed by atoms with van der Waals surface area (Å²) in [4.78, 5) is 5.12. The highest BCUT2D eigenvalue weighted by Crippen LogP contribution is 2.17. The Morgan fingerprint density at radius 3 is 2.80 bits per heavy atom. The summed E-state index contributed by atoms with van der Waals surface area (Å²) < 4.78 is 0. The molecule has 2 fully saturated rings. The summed E-state index contributed by atoms with van der Waals surface area (Å²) in [5.74, 6) is 0.883. The van der Waals surface area contributed by atoms with Gasteiger partial charge in [-0.15, -0.1) is 0 Å². The molecule has 2 atom stereocenters. The van der Waals surface area contributed by atoms with E-state index >= 15 is 0 Å². The van der Waals surface area contributed by atoms with Crippen LogP contribution in [0.1, 0.15) is 19.8 Å². The quantitative estimate of drug-likeness (QED) is 0.722. The molecule has 3 heteroatoms. The van der Waals surface area contributed by atoms with Crippen LogP contribution in [0.3, 0.4) is 0 Å². The fourth-order valence-electron chi connectivity index (χ4n) is 2.78. The Bertz CT molecular complexity index is 195. The molecule has 0 saturated carbocycles. The van der Waals surface area contributed by atoms with Crippen molar-refractivity contribution in [2.24, 2.45) is 5.92 Å². The fraction of sp³-hybridized carbons (Fsp3) is 1.00. The van der Waals surface area contributed by atoms with Crippen LogP contribution in [0.5, 0.6) is 0 Å². The summed E-state index contributed by atoms with van der Waals surface area (Å²) in [6, 6.07) is 0.728. The van der Waals surface area contributed by atoms with E-state index in [4.69, 9.17) is 0 Å². The summed E-state index contributed by atoms with van der Waals surface area (Å²) in [6.45, 7) is 9.94. The Labute approximate surface area is 93.8 Å². The van der Waals surface area contributed by atoms with Gasteiger partial charge in [0.25, 0.3) is 0 Å². The van der Waals surface area contributed by atoms with E-state index in [-0.39, 0.29) is 0 Å². The second kappa shape index (κ2) is 5.28. The summed E-state index contributed by atoms with van der Waals surface area (Å²) in [5, 5.41) is 3.55. The van der Waals surface area contributed by atoms with Crippen molar-refractivity contribution in [1.82, 2.24) is 15.1 Å². The summed E-state index contributed by atoms with van der Waals surface area (Å²) in [5.41, 5.74) is 0. The van der Waals surface area contributed by atoms with Crippen molar-refractivity contribution < 1.29 is 0 Å². The Morgan fingerprint density at radius 1 is 1.20 bits per heavy atom. The van der Waals surface area contributed by atoms with Gasteiger partial charge in [-0.05, 0) is 52.4 Å². The van der Waals surface area contributed by atoms with Gasteiger partial charge < -0.3 is 15.1 Å². The summed E-state index contributed by atoms with van der Waals surface area (Å²) in [7, 11) is 2.24. The lowest BCUT2D eigenvalue weighted by Gasteiger charge is -2.25. The van der Waals surface area contributed by atoms with Crippen LogP contribution in [-0.4, -0.2) is 62.2 Å². The molecule has 0 aromatic heterocycles. The van der Waals surface area contributed by atoms with Crippen molar-refractivity contribution in [3.8, 4) is 0 Å². The van der Waals surface area contributed by atoms with Gasteiger partial charge in [-0.25, -0.2) is 0 Å². The third-order valence-electron chi connectivity index (χ3n) is 3.99. The van der Waals surface area contributed by atoms with E-state index in [0.29, 0.717) is 0 Å². The molecule has 88 valence electrons. The molecule has 0 radical (unpaired) electrons. The van der Waals surface area contributed by atoms with Gasteiger partial charge in [0.1, 0.15) is 0 Å². The van der Waals surface area contributed by atoms with Crippen molar-refractivity contribution >= 4 is 0 Å². The van der Waals surface area contributed by atoms with E-state index in [1.165, 1.54) is 52.1 Å². The molecule has 2 saturated heterocycles. The molecule has 2 aliphatic rings. The predicted octanol–water partition coefficient (Wildman–Crippen LogP) is 0.622. The lowest BCUT2D eigenvalue weighted by molar-refractivity contribution is 0.228. The second-order valence-corrected chi connectivity index (χ2v) is 5.25.